The van der Waals surface area contributed by atoms with Crippen LogP contribution in [0.5, 0.6) is 0 Å². The van der Waals surface area contributed by atoms with Gasteiger partial charge in [-0.15, -0.1) is 0 Å². The summed E-state index contributed by atoms with van der Waals surface area (Å²) in [4.78, 5) is 24.2. The zero-order chi connectivity index (χ0) is 28.7. The molecule has 0 aromatic rings. The van der Waals surface area contributed by atoms with Crippen molar-refractivity contribution in [1.82, 2.24) is 0 Å². The van der Waals surface area contributed by atoms with E-state index in [-0.39, 0.29) is 5.92 Å². The van der Waals surface area contributed by atoms with E-state index < -0.39 is 23.8 Å². The topological polar surface area (TPSA) is 74.6 Å². The molecule has 212 valence electrons. The second-order valence-electron chi connectivity index (χ2n) is 11.6. The fourth-order valence-corrected chi connectivity index (χ4v) is 5.13. The Morgan fingerprint density at radius 2 is 1.32 bits per heavy atom. The van der Waals surface area contributed by atoms with Crippen molar-refractivity contribution in [1.29, 1.82) is 0 Å². The molecule has 4 nitrogen and oxygen atoms in total. The van der Waals surface area contributed by atoms with Crippen molar-refractivity contribution in [3.8, 4) is 0 Å². The summed E-state index contributed by atoms with van der Waals surface area (Å²) < 4.78 is 0. The lowest BCUT2D eigenvalue weighted by molar-refractivity contribution is -0.156. The molecule has 1 rings (SSSR count). The molecule has 0 amide bonds. The van der Waals surface area contributed by atoms with Crippen molar-refractivity contribution in [3.63, 3.8) is 0 Å². The quantitative estimate of drug-likeness (QED) is 0.186. The van der Waals surface area contributed by atoms with Crippen LogP contribution in [0.1, 0.15) is 112 Å². The summed E-state index contributed by atoms with van der Waals surface area (Å²) in [6, 6.07) is 0. The van der Waals surface area contributed by atoms with Gasteiger partial charge in [0.2, 0.25) is 0 Å². The molecule has 1 aliphatic carbocycles. The van der Waals surface area contributed by atoms with Gasteiger partial charge >= 0.3 is 11.9 Å². The zero-order valence-electron chi connectivity index (χ0n) is 24.8. The summed E-state index contributed by atoms with van der Waals surface area (Å²) in [6.45, 7) is 17.0. The monoisotopic (exact) mass is 524 g/mol. The predicted octanol–water partition coefficient (Wildman–Crippen LogP) is 9.62. The Kier molecular flexibility index (Phi) is 15.7. The maximum Gasteiger partial charge on any atom is 0.307 e. The minimum atomic E-state index is -1.01. The van der Waals surface area contributed by atoms with Gasteiger partial charge in [-0.1, -0.05) is 70.4 Å². The normalized spacial score (nSPS) is 19.9. The molecular weight excluding hydrogens is 472 g/mol. The minimum Gasteiger partial charge on any atom is -0.481 e. The lowest BCUT2D eigenvalue weighted by atomic mass is 9.70. The van der Waals surface area contributed by atoms with E-state index in [9.17, 15) is 19.8 Å². The fraction of sp³-hybridized carbons (Fsp3) is 0.588. The van der Waals surface area contributed by atoms with Crippen molar-refractivity contribution in [2.45, 2.75) is 112 Å². The second-order valence-corrected chi connectivity index (χ2v) is 11.6. The highest BCUT2D eigenvalue weighted by molar-refractivity contribution is 5.81. The Morgan fingerprint density at radius 1 is 0.789 bits per heavy atom. The number of hydrogen-bond acceptors (Lipinski definition) is 2. The van der Waals surface area contributed by atoms with Crippen molar-refractivity contribution in [2.24, 2.45) is 17.8 Å². The van der Waals surface area contributed by atoms with Crippen LogP contribution < -0.4 is 0 Å². The molecule has 1 aliphatic rings. The molecule has 38 heavy (non-hydrogen) atoms. The van der Waals surface area contributed by atoms with Crippen molar-refractivity contribution in [3.05, 3.63) is 70.4 Å². The summed E-state index contributed by atoms with van der Waals surface area (Å²) >= 11 is 0. The van der Waals surface area contributed by atoms with E-state index >= 15 is 0 Å². The molecule has 0 bridgehead atoms. The van der Waals surface area contributed by atoms with Gasteiger partial charge in [0, 0.05) is 0 Å². The third-order valence-electron chi connectivity index (χ3n) is 7.39. The first-order valence-corrected chi connectivity index (χ1v) is 14.3. The van der Waals surface area contributed by atoms with Crippen molar-refractivity contribution in [2.75, 3.05) is 0 Å². The van der Waals surface area contributed by atoms with Crippen LogP contribution in [0.15, 0.2) is 70.4 Å². The summed E-state index contributed by atoms with van der Waals surface area (Å²) in [7, 11) is 0. The van der Waals surface area contributed by atoms with Crippen LogP contribution in [-0.2, 0) is 9.59 Å². The second kappa shape index (κ2) is 17.8. The first-order valence-electron chi connectivity index (χ1n) is 14.3. The highest BCUT2D eigenvalue weighted by Gasteiger charge is 2.41. The standard InChI is InChI=1S/C34H52O4/c1-24(2)12-8-14-26(5)16-10-17-28(7)20-21-30-22-29(23-31(33(35)36)32(30)34(37)38)19-11-18-27(6)15-9-13-25(3)4/h12-13,16,18,22,30-32H,7-11,14-15,17,19-21,23H2,1-6H3,(H,35,36)(H,37,38)/b26-16+,27-18+/t30-,31+,32+/m0/s1. The molecular formula is C34H52O4. The smallest absolute Gasteiger partial charge is 0.307 e. The van der Waals surface area contributed by atoms with Gasteiger partial charge in [-0.25, -0.2) is 0 Å². The lowest BCUT2D eigenvalue weighted by Gasteiger charge is -2.33. The van der Waals surface area contributed by atoms with Gasteiger partial charge in [-0.3, -0.25) is 9.59 Å². The Balaban J connectivity index is 2.77. The minimum absolute atomic E-state index is 0.279. The van der Waals surface area contributed by atoms with Gasteiger partial charge in [0.25, 0.3) is 0 Å². The largest absolute Gasteiger partial charge is 0.481 e. The van der Waals surface area contributed by atoms with Gasteiger partial charge < -0.3 is 10.2 Å². The average Bonchev–Trinajstić information content (AvgIpc) is 2.81. The molecule has 0 radical (unpaired) electrons. The molecule has 3 atom stereocenters. The Labute approximate surface area is 232 Å². The zero-order valence-corrected chi connectivity index (χ0v) is 24.8. The van der Waals surface area contributed by atoms with E-state index in [1.807, 2.05) is 0 Å². The number of allylic oxidation sites excluding steroid dienone is 11. The molecule has 0 aromatic heterocycles. The first-order chi connectivity index (χ1) is 17.9. The number of carboxylic acids is 2. The van der Waals surface area contributed by atoms with E-state index in [1.54, 1.807) is 0 Å². The Hall–Kier alpha value is -2.62. The highest BCUT2D eigenvalue weighted by atomic mass is 16.4. The van der Waals surface area contributed by atoms with E-state index in [0.717, 1.165) is 68.9 Å². The van der Waals surface area contributed by atoms with Crippen LogP contribution in [-0.4, -0.2) is 22.2 Å². The third kappa shape index (κ3) is 13.8. The maximum absolute atomic E-state index is 12.1. The van der Waals surface area contributed by atoms with Gasteiger partial charge in [-0.2, -0.15) is 0 Å². The summed E-state index contributed by atoms with van der Waals surface area (Å²) in [5, 5.41) is 19.8. The van der Waals surface area contributed by atoms with Gasteiger partial charge in [0.1, 0.15) is 0 Å². The van der Waals surface area contributed by atoms with Crippen LogP contribution in [0.3, 0.4) is 0 Å². The highest BCUT2D eigenvalue weighted by Crippen LogP contribution is 2.39. The number of aliphatic carboxylic acids is 2. The van der Waals surface area contributed by atoms with E-state index in [2.05, 4.69) is 78.5 Å². The Morgan fingerprint density at radius 3 is 1.82 bits per heavy atom. The molecule has 0 aromatic carbocycles. The van der Waals surface area contributed by atoms with E-state index in [0.29, 0.717) is 12.8 Å². The molecule has 0 unspecified atom stereocenters. The maximum atomic E-state index is 12.1. The molecule has 0 heterocycles. The average molecular weight is 525 g/mol. The van der Waals surface area contributed by atoms with E-state index in [1.165, 1.54) is 22.3 Å². The van der Waals surface area contributed by atoms with Crippen LogP contribution in [0.4, 0.5) is 0 Å². The van der Waals surface area contributed by atoms with Crippen molar-refractivity contribution < 1.29 is 19.8 Å². The molecule has 0 spiro atoms. The molecule has 0 fully saturated rings. The first kappa shape index (κ1) is 33.4. The number of carbonyl (C=O) groups is 2. The Bertz CT molecular complexity index is 949. The van der Waals surface area contributed by atoms with E-state index in [4.69, 9.17) is 0 Å². The predicted molar refractivity (Wildman–Crippen MR) is 160 cm³/mol. The van der Waals surface area contributed by atoms with Crippen molar-refractivity contribution >= 4 is 11.9 Å². The molecule has 2 N–H and O–H groups in total. The van der Waals surface area contributed by atoms with Crippen LogP contribution in [0.25, 0.3) is 0 Å². The van der Waals surface area contributed by atoms with Crippen LogP contribution in [0, 0.1) is 17.8 Å². The summed E-state index contributed by atoms with van der Waals surface area (Å²) in [5.74, 6) is -4.05. The lowest BCUT2D eigenvalue weighted by Crippen LogP contribution is -2.38. The van der Waals surface area contributed by atoms with Crippen LogP contribution in [0.2, 0.25) is 0 Å². The summed E-state index contributed by atoms with van der Waals surface area (Å²) in [5.41, 5.74) is 7.57. The molecule has 0 saturated heterocycles. The van der Waals surface area contributed by atoms with Crippen LogP contribution >= 0.6 is 0 Å². The van der Waals surface area contributed by atoms with Gasteiger partial charge in [-0.05, 0) is 118 Å². The SMILES string of the molecule is C=C(CC/C=C(\C)CCC=C(C)C)CC[C@H]1C=C(CC/C=C(\C)CCC=C(C)C)C[C@@H](C(=O)O)[C@@H]1C(=O)O. The van der Waals surface area contributed by atoms with Gasteiger partial charge in [0.05, 0.1) is 11.8 Å². The number of hydrogen-bond donors (Lipinski definition) is 2. The molecule has 0 aliphatic heterocycles. The number of rotatable bonds is 17. The number of carboxylic acid groups (broad SMARTS) is 2. The summed E-state index contributed by atoms with van der Waals surface area (Å²) in [6.07, 6.45) is 20.4. The van der Waals surface area contributed by atoms with Gasteiger partial charge in [0.15, 0.2) is 0 Å². The third-order valence-corrected chi connectivity index (χ3v) is 7.39. The molecule has 0 saturated carbocycles. The molecule has 4 heteroatoms. The fourth-order valence-electron chi connectivity index (χ4n) is 5.13.